The van der Waals surface area contributed by atoms with Crippen molar-refractivity contribution >= 4 is 29.2 Å². The zero-order chi connectivity index (χ0) is 16.6. The Morgan fingerprint density at radius 1 is 1.17 bits per heavy atom. The maximum absolute atomic E-state index is 12.3. The highest BCUT2D eigenvalue weighted by Gasteiger charge is 2.42. The predicted octanol–water partition coefficient (Wildman–Crippen LogP) is 2.92. The van der Waals surface area contributed by atoms with Gasteiger partial charge in [-0.3, -0.25) is 9.69 Å². The number of benzene rings is 2. The molecule has 1 amide bonds. The highest BCUT2D eigenvalue weighted by atomic mass is 35.5. The summed E-state index contributed by atoms with van der Waals surface area (Å²) in [7, 11) is 0. The van der Waals surface area contributed by atoms with Gasteiger partial charge in [0.2, 0.25) is 12.1 Å². The predicted molar refractivity (Wildman–Crippen MR) is 85.2 cm³/mol. The van der Waals surface area contributed by atoms with E-state index in [1.165, 1.54) is 17.9 Å². The van der Waals surface area contributed by atoms with Crippen LogP contribution < -0.4 is 4.90 Å². The Morgan fingerprint density at radius 2 is 1.91 bits per heavy atom. The maximum atomic E-state index is 12.3. The monoisotopic (exact) mass is 331 g/mol. The fourth-order valence-electron chi connectivity index (χ4n) is 2.65. The summed E-state index contributed by atoms with van der Waals surface area (Å²) in [6, 6.07) is 13.2. The van der Waals surface area contributed by atoms with E-state index in [4.69, 9.17) is 16.3 Å². The molecule has 0 unspecified atom stereocenters. The maximum Gasteiger partial charge on any atom is 0.340 e. The number of fused-ring (bicyclic) bond motifs is 1. The summed E-state index contributed by atoms with van der Waals surface area (Å²) in [5.74, 6) is -0.978. The molecule has 5 nitrogen and oxygen atoms in total. The summed E-state index contributed by atoms with van der Waals surface area (Å²) in [5, 5.41) is 10.8. The third-order valence-corrected chi connectivity index (χ3v) is 3.90. The molecule has 2 aromatic carbocycles. The molecule has 0 aromatic heterocycles. The van der Waals surface area contributed by atoms with Crippen LogP contribution in [0.3, 0.4) is 0 Å². The van der Waals surface area contributed by atoms with Gasteiger partial charge in [-0.1, -0.05) is 35.9 Å². The van der Waals surface area contributed by atoms with Crippen LogP contribution in [0, 0.1) is 0 Å². The van der Waals surface area contributed by atoms with Gasteiger partial charge >= 0.3 is 5.97 Å². The molecule has 0 radical (unpaired) electrons. The molecular formula is C17H14ClNO4. The topological polar surface area (TPSA) is 66.8 Å². The lowest BCUT2D eigenvalue weighted by atomic mass is 10.1. The van der Waals surface area contributed by atoms with Crippen LogP contribution in [0.1, 0.15) is 28.9 Å². The average Bonchev–Trinajstić information content (AvgIpc) is 2.80. The number of halogens is 1. The number of esters is 1. The Labute approximate surface area is 138 Å². The van der Waals surface area contributed by atoms with Crippen LogP contribution in [-0.2, 0) is 9.53 Å². The van der Waals surface area contributed by atoms with Crippen molar-refractivity contribution in [3.63, 3.8) is 0 Å². The van der Waals surface area contributed by atoms with Crippen LogP contribution in [0.2, 0.25) is 5.02 Å². The lowest BCUT2D eigenvalue weighted by molar-refractivity contribution is -0.119. The number of hydrogen-bond donors (Lipinski definition) is 1. The van der Waals surface area contributed by atoms with Crippen molar-refractivity contribution in [3.05, 3.63) is 64.7 Å². The second kappa shape index (κ2) is 6.02. The number of anilines is 1. The first-order chi connectivity index (χ1) is 11.0. The van der Waals surface area contributed by atoms with E-state index < -0.39 is 18.3 Å². The molecule has 0 saturated heterocycles. The molecule has 0 fully saturated rings. The molecule has 1 aliphatic rings. The molecule has 2 aromatic rings. The van der Waals surface area contributed by atoms with Gasteiger partial charge in [0, 0.05) is 17.5 Å². The van der Waals surface area contributed by atoms with Crippen molar-refractivity contribution in [3.8, 4) is 0 Å². The van der Waals surface area contributed by atoms with Crippen LogP contribution in [0.15, 0.2) is 48.5 Å². The van der Waals surface area contributed by atoms with Crippen molar-refractivity contribution < 1.29 is 19.4 Å². The molecule has 3 rings (SSSR count). The van der Waals surface area contributed by atoms with Crippen LogP contribution >= 0.6 is 11.6 Å². The molecule has 0 saturated carbocycles. The van der Waals surface area contributed by atoms with E-state index in [0.29, 0.717) is 16.3 Å². The van der Waals surface area contributed by atoms with Crippen molar-refractivity contribution in [2.24, 2.45) is 0 Å². The summed E-state index contributed by atoms with van der Waals surface area (Å²) in [6.45, 7) is 1.36. The van der Waals surface area contributed by atoms with E-state index in [1.807, 2.05) is 0 Å². The van der Waals surface area contributed by atoms with E-state index in [2.05, 4.69) is 0 Å². The van der Waals surface area contributed by atoms with Crippen molar-refractivity contribution in [2.45, 2.75) is 19.3 Å². The molecule has 23 heavy (non-hydrogen) atoms. The van der Waals surface area contributed by atoms with Crippen LogP contribution in [-0.4, -0.2) is 23.2 Å². The first kappa shape index (κ1) is 15.5. The van der Waals surface area contributed by atoms with Gasteiger partial charge in [-0.2, -0.15) is 0 Å². The Bertz CT molecular complexity index is 777. The molecule has 118 valence electrons. The molecule has 0 spiro atoms. The lowest BCUT2D eigenvalue weighted by Crippen LogP contribution is -2.41. The van der Waals surface area contributed by atoms with Gasteiger partial charge < -0.3 is 9.84 Å². The summed E-state index contributed by atoms with van der Waals surface area (Å²) in [6.07, 6.45) is -2.20. The van der Waals surface area contributed by atoms with Crippen molar-refractivity contribution in [1.29, 1.82) is 0 Å². The molecule has 1 N–H and O–H groups in total. The Kier molecular flexibility index (Phi) is 4.07. The quantitative estimate of drug-likeness (QED) is 0.859. The SMILES string of the molecule is CC(=O)N1c2ccccc2[C@@H](O)[C@H]1OC(=O)c1cccc(Cl)c1. The molecule has 1 aliphatic heterocycles. The summed E-state index contributed by atoms with van der Waals surface area (Å²) in [4.78, 5) is 25.5. The largest absolute Gasteiger partial charge is 0.434 e. The standard InChI is InChI=1S/C17H14ClNO4/c1-10(20)19-14-8-3-2-7-13(14)15(21)16(19)23-17(22)11-5-4-6-12(18)9-11/h2-9,15-16,21H,1H3/t15-,16-/m1/s1. The zero-order valence-electron chi connectivity index (χ0n) is 12.3. The van der Waals surface area contributed by atoms with Gasteiger partial charge in [-0.15, -0.1) is 0 Å². The Morgan fingerprint density at radius 3 is 2.61 bits per heavy atom. The number of amides is 1. The lowest BCUT2D eigenvalue weighted by Gasteiger charge is -2.25. The van der Waals surface area contributed by atoms with Crippen LogP contribution in [0.5, 0.6) is 0 Å². The molecule has 2 atom stereocenters. The first-order valence-corrected chi connectivity index (χ1v) is 7.40. The Hall–Kier alpha value is -2.37. The third kappa shape index (κ3) is 2.81. The van der Waals surface area contributed by atoms with Gasteiger partial charge in [-0.05, 0) is 24.3 Å². The fraction of sp³-hybridized carbons (Fsp3) is 0.176. The van der Waals surface area contributed by atoms with E-state index in [9.17, 15) is 14.7 Å². The first-order valence-electron chi connectivity index (χ1n) is 7.02. The third-order valence-electron chi connectivity index (χ3n) is 3.67. The van der Waals surface area contributed by atoms with E-state index >= 15 is 0 Å². The average molecular weight is 332 g/mol. The second-order valence-electron chi connectivity index (χ2n) is 5.20. The number of aliphatic hydroxyl groups is 1. The van der Waals surface area contributed by atoms with E-state index in [-0.39, 0.29) is 11.5 Å². The minimum Gasteiger partial charge on any atom is -0.434 e. The van der Waals surface area contributed by atoms with E-state index in [1.54, 1.807) is 42.5 Å². The smallest absolute Gasteiger partial charge is 0.340 e. The molecular weight excluding hydrogens is 318 g/mol. The zero-order valence-corrected chi connectivity index (χ0v) is 13.0. The molecule has 6 heteroatoms. The number of rotatable bonds is 2. The van der Waals surface area contributed by atoms with Gasteiger partial charge in [-0.25, -0.2) is 4.79 Å². The summed E-state index contributed by atoms with van der Waals surface area (Å²) < 4.78 is 5.38. The van der Waals surface area contributed by atoms with Crippen LogP contribution in [0.4, 0.5) is 5.69 Å². The molecule has 1 heterocycles. The number of nitrogens with zero attached hydrogens (tertiary/aromatic N) is 1. The minimum atomic E-state index is -1.10. The summed E-state index contributed by atoms with van der Waals surface area (Å²) >= 11 is 5.86. The number of para-hydroxylation sites is 1. The van der Waals surface area contributed by atoms with Crippen molar-refractivity contribution in [1.82, 2.24) is 0 Å². The number of carbonyl (C=O) groups is 2. The van der Waals surface area contributed by atoms with Gasteiger partial charge in [0.25, 0.3) is 0 Å². The van der Waals surface area contributed by atoms with Gasteiger partial charge in [0.1, 0.15) is 6.10 Å². The molecule has 0 aliphatic carbocycles. The molecule has 0 bridgehead atoms. The van der Waals surface area contributed by atoms with Crippen molar-refractivity contribution in [2.75, 3.05) is 4.90 Å². The van der Waals surface area contributed by atoms with Gasteiger partial charge in [0.05, 0.1) is 11.3 Å². The minimum absolute atomic E-state index is 0.254. The highest BCUT2D eigenvalue weighted by molar-refractivity contribution is 6.30. The second-order valence-corrected chi connectivity index (χ2v) is 5.64. The summed E-state index contributed by atoms with van der Waals surface area (Å²) in [5.41, 5.74) is 1.34. The number of carbonyl (C=O) groups excluding carboxylic acids is 2. The van der Waals surface area contributed by atoms with Crippen LogP contribution in [0.25, 0.3) is 0 Å². The number of hydrogen-bond acceptors (Lipinski definition) is 4. The normalized spacial score (nSPS) is 19.3. The van der Waals surface area contributed by atoms with Gasteiger partial charge in [0.15, 0.2) is 0 Å². The highest BCUT2D eigenvalue weighted by Crippen LogP contribution is 2.40. The van der Waals surface area contributed by atoms with E-state index in [0.717, 1.165) is 0 Å². The number of ether oxygens (including phenoxy) is 1. The Balaban J connectivity index is 1.90. The number of aliphatic hydroxyl groups excluding tert-OH is 1. The fourth-order valence-corrected chi connectivity index (χ4v) is 2.84.